The van der Waals surface area contributed by atoms with Crippen LogP contribution in [-0.2, 0) is 0 Å². The van der Waals surface area contributed by atoms with Crippen molar-refractivity contribution in [1.29, 1.82) is 0 Å². The number of carbonyl (C=O) groups is 1. The Morgan fingerprint density at radius 2 is 2.05 bits per heavy atom. The highest BCUT2D eigenvalue weighted by atomic mass is 32.2. The van der Waals surface area contributed by atoms with Crippen LogP contribution >= 0.6 is 23.1 Å². The van der Waals surface area contributed by atoms with Gasteiger partial charge in [0.1, 0.15) is 5.00 Å². The van der Waals surface area contributed by atoms with E-state index in [1.165, 1.54) is 23.1 Å². The van der Waals surface area contributed by atoms with E-state index in [-0.39, 0.29) is 24.7 Å². The highest BCUT2D eigenvalue weighted by molar-refractivity contribution is 7.99. The van der Waals surface area contributed by atoms with Gasteiger partial charge in [0, 0.05) is 18.9 Å². The molecule has 0 unspecified atom stereocenters. The van der Waals surface area contributed by atoms with Crippen molar-refractivity contribution >= 4 is 39.6 Å². The van der Waals surface area contributed by atoms with E-state index < -0.39 is 12.6 Å². The van der Waals surface area contributed by atoms with Crippen LogP contribution in [0.1, 0.15) is 36.4 Å². The summed E-state index contributed by atoms with van der Waals surface area (Å²) in [7, 11) is 0. The first-order valence-electron chi connectivity index (χ1n) is 6.48. The maximum Gasteiger partial charge on any atom is 0.389 e. The van der Waals surface area contributed by atoms with E-state index in [0.29, 0.717) is 15.6 Å². The first-order chi connectivity index (χ1) is 9.67. The maximum atomic E-state index is 12.1. The van der Waals surface area contributed by atoms with Crippen molar-refractivity contribution in [2.45, 2.75) is 37.8 Å². The molecule has 3 nitrogen and oxygen atoms in total. The summed E-state index contributed by atoms with van der Waals surface area (Å²) in [4.78, 5) is 13.3. The van der Waals surface area contributed by atoms with Gasteiger partial charge in [0.05, 0.1) is 15.5 Å². The van der Waals surface area contributed by atoms with Crippen LogP contribution in [0.4, 0.5) is 23.9 Å². The maximum absolute atomic E-state index is 12.1. The van der Waals surface area contributed by atoms with Crippen LogP contribution in [0.3, 0.4) is 0 Å². The molecule has 0 saturated heterocycles. The van der Waals surface area contributed by atoms with Crippen molar-refractivity contribution in [3.63, 3.8) is 0 Å². The minimum absolute atomic E-state index is 0.0113. The number of thiophene rings is 1. The number of nitrogens with two attached hydrogens (primary N) is 1. The quantitative estimate of drug-likeness (QED) is 0.431. The number of halogens is 3. The molecule has 0 amide bonds. The number of thioether (sulfide) groups is 1. The van der Waals surface area contributed by atoms with Crippen molar-refractivity contribution < 1.29 is 18.0 Å². The predicted molar refractivity (Wildman–Crippen MR) is 83.5 cm³/mol. The fourth-order valence-electron chi connectivity index (χ4n) is 1.68. The van der Waals surface area contributed by atoms with Crippen LogP contribution in [-0.4, -0.2) is 24.8 Å². The standard InChI is InChI=1S/C13H19F3N2OS2/c1-7(2)9(19)10-8(17)11(20-3)12(21-10)18-6-4-5-13(14,15)16/h7,18H,4-6,17H2,1-3H3. The lowest BCUT2D eigenvalue weighted by molar-refractivity contribution is -0.134. The molecule has 1 rings (SSSR count). The molecule has 0 fully saturated rings. The van der Waals surface area contributed by atoms with Crippen LogP contribution < -0.4 is 11.1 Å². The molecule has 8 heteroatoms. The Hall–Kier alpha value is -0.890. The summed E-state index contributed by atoms with van der Waals surface area (Å²) in [5.41, 5.74) is 6.40. The molecule has 3 N–H and O–H groups in total. The minimum Gasteiger partial charge on any atom is -0.396 e. The number of hydrogen-bond donors (Lipinski definition) is 2. The molecule has 120 valence electrons. The lowest BCUT2D eigenvalue weighted by Gasteiger charge is -2.08. The van der Waals surface area contributed by atoms with Crippen LogP contribution in [0.25, 0.3) is 0 Å². The number of alkyl halides is 3. The first kappa shape index (κ1) is 18.2. The Bertz CT molecular complexity index is 498. The zero-order chi connectivity index (χ0) is 16.2. The normalized spacial score (nSPS) is 12.0. The minimum atomic E-state index is -4.14. The van der Waals surface area contributed by atoms with E-state index in [1.807, 2.05) is 6.26 Å². The van der Waals surface area contributed by atoms with E-state index in [2.05, 4.69) is 5.32 Å². The smallest absolute Gasteiger partial charge is 0.389 e. The van der Waals surface area contributed by atoms with Gasteiger partial charge in [-0.3, -0.25) is 4.79 Å². The van der Waals surface area contributed by atoms with Crippen molar-refractivity contribution in [3.05, 3.63) is 4.88 Å². The Labute approximate surface area is 130 Å². The van der Waals surface area contributed by atoms with Gasteiger partial charge in [-0.05, 0) is 12.7 Å². The zero-order valence-corrected chi connectivity index (χ0v) is 13.8. The second-order valence-electron chi connectivity index (χ2n) is 4.87. The molecular weight excluding hydrogens is 321 g/mol. The Kier molecular flexibility index (Phi) is 6.40. The predicted octanol–water partition coefficient (Wildman–Crippen LogP) is 4.65. The summed E-state index contributed by atoms with van der Waals surface area (Å²) in [5, 5.41) is 3.63. The lowest BCUT2D eigenvalue weighted by atomic mass is 10.1. The first-order valence-corrected chi connectivity index (χ1v) is 8.52. The monoisotopic (exact) mass is 340 g/mol. The van der Waals surface area contributed by atoms with Gasteiger partial charge in [0.15, 0.2) is 5.78 Å². The van der Waals surface area contributed by atoms with Gasteiger partial charge in [-0.1, -0.05) is 13.8 Å². The molecule has 0 radical (unpaired) electrons. The third-order valence-corrected chi connectivity index (χ3v) is 4.91. The van der Waals surface area contributed by atoms with Gasteiger partial charge in [0.2, 0.25) is 0 Å². The highest BCUT2D eigenvalue weighted by Gasteiger charge is 2.26. The Balaban J connectivity index is 2.78. The number of hydrogen-bond acceptors (Lipinski definition) is 5. The molecule has 1 aromatic heterocycles. The fourth-order valence-corrected chi connectivity index (χ4v) is 3.83. The summed E-state index contributed by atoms with van der Waals surface area (Å²) in [6.07, 6.45) is -3.16. The number of anilines is 2. The van der Waals surface area contributed by atoms with Gasteiger partial charge in [-0.25, -0.2) is 0 Å². The van der Waals surface area contributed by atoms with Crippen LogP contribution in [0, 0.1) is 5.92 Å². The number of Topliss-reactive ketones (excluding diaryl/α,β-unsaturated/α-hetero) is 1. The molecule has 0 aliphatic rings. The van der Waals surface area contributed by atoms with Crippen molar-refractivity contribution in [3.8, 4) is 0 Å². The molecule has 21 heavy (non-hydrogen) atoms. The summed E-state index contributed by atoms with van der Waals surface area (Å²) in [5.74, 6) is -0.213. The molecule has 0 saturated carbocycles. The largest absolute Gasteiger partial charge is 0.396 e. The highest BCUT2D eigenvalue weighted by Crippen LogP contribution is 2.42. The van der Waals surface area contributed by atoms with E-state index in [1.54, 1.807) is 13.8 Å². The van der Waals surface area contributed by atoms with E-state index in [4.69, 9.17) is 5.73 Å². The third kappa shape index (κ3) is 5.10. The SMILES string of the molecule is CSc1c(NCCCC(F)(F)F)sc(C(=O)C(C)C)c1N. The molecule has 0 aliphatic heterocycles. The number of nitrogen functional groups attached to an aromatic ring is 1. The molecule has 1 heterocycles. The summed E-state index contributed by atoms with van der Waals surface area (Å²) >= 11 is 2.60. The summed E-state index contributed by atoms with van der Waals surface area (Å²) in [6, 6.07) is 0. The molecule has 0 bridgehead atoms. The average molecular weight is 340 g/mol. The van der Waals surface area contributed by atoms with Gasteiger partial charge in [0.25, 0.3) is 0 Å². The fraction of sp³-hybridized carbons (Fsp3) is 0.615. The summed E-state index contributed by atoms with van der Waals surface area (Å²) in [6.45, 7) is 3.77. The van der Waals surface area contributed by atoms with Crippen LogP contribution in [0.15, 0.2) is 4.90 Å². The van der Waals surface area contributed by atoms with Gasteiger partial charge in [-0.15, -0.1) is 23.1 Å². The molecule has 1 aromatic rings. The number of ketones is 1. The zero-order valence-electron chi connectivity index (χ0n) is 12.1. The van der Waals surface area contributed by atoms with Crippen LogP contribution in [0.2, 0.25) is 0 Å². The van der Waals surface area contributed by atoms with E-state index in [9.17, 15) is 18.0 Å². The molecule has 0 atom stereocenters. The van der Waals surface area contributed by atoms with Crippen LogP contribution in [0.5, 0.6) is 0 Å². The lowest BCUT2D eigenvalue weighted by Crippen LogP contribution is -2.10. The van der Waals surface area contributed by atoms with Gasteiger partial charge in [-0.2, -0.15) is 13.2 Å². The molecular formula is C13H19F3N2OS2. The van der Waals surface area contributed by atoms with E-state index in [0.717, 1.165) is 4.90 Å². The van der Waals surface area contributed by atoms with Crippen molar-refractivity contribution in [1.82, 2.24) is 0 Å². The number of rotatable bonds is 7. The second-order valence-corrected chi connectivity index (χ2v) is 6.71. The topological polar surface area (TPSA) is 55.1 Å². The second kappa shape index (κ2) is 7.40. The Morgan fingerprint density at radius 1 is 1.43 bits per heavy atom. The van der Waals surface area contributed by atoms with Gasteiger partial charge < -0.3 is 11.1 Å². The average Bonchev–Trinajstić information content (AvgIpc) is 2.68. The van der Waals surface area contributed by atoms with Gasteiger partial charge >= 0.3 is 6.18 Å². The van der Waals surface area contributed by atoms with Crippen molar-refractivity contribution in [2.24, 2.45) is 5.92 Å². The number of nitrogens with one attached hydrogen (secondary N) is 1. The number of carbonyl (C=O) groups excluding carboxylic acids is 1. The Morgan fingerprint density at radius 3 is 2.52 bits per heavy atom. The molecule has 0 spiro atoms. The molecule has 0 aromatic carbocycles. The van der Waals surface area contributed by atoms with Crippen molar-refractivity contribution in [2.75, 3.05) is 23.9 Å². The third-order valence-electron chi connectivity index (χ3n) is 2.77. The van der Waals surface area contributed by atoms with E-state index >= 15 is 0 Å². The summed E-state index contributed by atoms with van der Waals surface area (Å²) < 4.78 is 36.3. The molecule has 0 aliphatic carbocycles.